The molecular weight excluding hydrogens is 586 g/mol. The summed E-state index contributed by atoms with van der Waals surface area (Å²) in [6.45, 7) is 5.26. The van der Waals surface area contributed by atoms with Crippen LogP contribution in [-0.2, 0) is 9.53 Å². The molecule has 12 heteroatoms. The zero-order valence-electron chi connectivity index (χ0n) is 22.4. The van der Waals surface area contributed by atoms with Crippen molar-refractivity contribution in [2.45, 2.75) is 37.8 Å². The molecule has 3 heterocycles. The molecule has 2 aromatic heterocycles. The van der Waals surface area contributed by atoms with E-state index in [9.17, 15) is 19.7 Å². The van der Waals surface area contributed by atoms with Crippen LogP contribution >= 0.6 is 34.7 Å². The van der Waals surface area contributed by atoms with Crippen molar-refractivity contribution in [3.05, 3.63) is 112 Å². The van der Waals surface area contributed by atoms with E-state index in [1.807, 2.05) is 30.5 Å². The quantitative estimate of drug-likeness (QED) is 0.114. The lowest BCUT2D eigenvalue weighted by Crippen LogP contribution is -2.40. The number of hydrogen-bond donors (Lipinski definition) is 0. The molecule has 0 fully saturated rings. The summed E-state index contributed by atoms with van der Waals surface area (Å²) in [7, 11) is 0. The van der Waals surface area contributed by atoms with Crippen molar-refractivity contribution >= 4 is 52.4 Å². The number of rotatable bonds is 7. The van der Waals surface area contributed by atoms with Gasteiger partial charge in [-0.15, -0.1) is 11.8 Å². The van der Waals surface area contributed by atoms with Crippen molar-refractivity contribution in [3.8, 4) is 11.3 Å². The van der Waals surface area contributed by atoms with Crippen LogP contribution in [0.15, 0.2) is 85.0 Å². The number of ether oxygens (including phenoxy) is 1. The van der Waals surface area contributed by atoms with Gasteiger partial charge in [0.15, 0.2) is 4.80 Å². The molecule has 41 heavy (non-hydrogen) atoms. The van der Waals surface area contributed by atoms with E-state index < -0.39 is 16.9 Å². The molecule has 0 aliphatic carbocycles. The Morgan fingerprint density at radius 2 is 1.95 bits per heavy atom. The molecule has 0 unspecified atom stereocenters. The topological polar surface area (TPSA) is 117 Å². The lowest BCUT2D eigenvalue weighted by Gasteiger charge is -2.25. The Hall–Kier alpha value is -3.93. The minimum Gasteiger partial charge on any atom is -0.459 e. The van der Waals surface area contributed by atoms with Crippen LogP contribution in [0.2, 0.25) is 5.02 Å². The predicted molar refractivity (Wildman–Crippen MR) is 159 cm³/mol. The molecule has 1 aliphatic rings. The zero-order chi connectivity index (χ0) is 29.4. The number of esters is 1. The van der Waals surface area contributed by atoms with Crippen molar-refractivity contribution in [2.75, 3.05) is 6.26 Å². The summed E-state index contributed by atoms with van der Waals surface area (Å²) in [5.74, 6) is 0.0500. The summed E-state index contributed by atoms with van der Waals surface area (Å²) < 4.78 is 13.3. The number of aromatic nitrogens is 1. The van der Waals surface area contributed by atoms with Gasteiger partial charge in [0.2, 0.25) is 0 Å². The number of nitrogens with zero attached hydrogens (tertiary/aromatic N) is 3. The molecule has 1 aliphatic heterocycles. The van der Waals surface area contributed by atoms with Crippen LogP contribution in [0.25, 0.3) is 17.4 Å². The monoisotopic (exact) mass is 609 g/mol. The van der Waals surface area contributed by atoms with Gasteiger partial charge in [0.1, 0.15) is 11.5 Å². The number of benzene rings is 2. The van der Waals surface area contributed by atoms with Crippen molar-refractivity contribution in [1.82, 2.24) is 4.57 Å². The molecule has 4 aromatic rings. The molecule has 0 saturated heterocycles. The number of allylic oxidation sites excluding steroid dienone is 1. The minimum atomic E-state index is -0.737. The number of thiazole rings is 1. The van der Waals surface area contributed by atoms with Crippen molar-refractivity contribution in [2.24, 2.45) is 4.99 Å². The van der Waals surface area contributed by atoms with E-state index in [1.165, 1.54) is 16.7 Å². The Morgan fingerprint density at radius 3 is 2.61 bits per heavy atom. The fourth-order valence-electron chi connectivity index (χ4n) is 4.53. The van der Waals surface area contributed by atoms with E-state index in [2.05, 4.69) is 4.99 Å². The third kappa shape index (κ3) is 5.65. The van der Waals surface area contributed by atoms with E-state index in [-0.39, 0.29) is 33.7 Å². The largest absolute Gasteiger partial charge is 0.459 e. The summed E-state index contributed by atoms with van der Waals surface area (Å²) in [5.41, 5.74) is 1.23. The standard InChI is InChI=1S/C29H24ClN3O6S2/c1-15(2)38-28(35)25-16(3)31-29-32(26(25)17-5-9-20(40-4)10-6-17)27(34)24(41-29)14-19-8-12-23(39-19)21-11-7-18(30)13-22(21)33(36)37/h5-15,26H,1-4H3/b24-14-/t26-/m1/s1. The molecule has 9 nitrogen and oxygen atoms in total. The van der Waals surface area contributed by atoms with Crippen LogP contribution in [0.1, 0.15) is 38.1 Å². The van der Waals surface area contributed by atoms with Crippen LogP contribution in [0.5, 0.6) is 0 Å². The predicted octanol–water partition coefficient (Wildman–Crippen LogP) is 5.73. The number of nitro benzene ring substituents is 1. The Labute approximate surface area is 247 Å². The van der Waals surface area contributed by atoms with Crippen LogP contribution < -0.4 is 14.9 Å². The van der Waals surface area contributed by atoms with Crippen LogP contribution in [-0.4, -0.2) is 27.8 Å². The molecule has 0 bridgehead atoms. The Balaban J connectivity index is 1.63. The van der Waals surface area contributed by atoms with Crippen LogP contribution in [0.4, 0.5) is 5.69 Å². The van der Waals surface area contributed by atoms with Gasteiger partial charge in [-0.3, -0.25) is 19.5 Å². The maximum Gasteiger partial charge on any atom is 0.338 e. The highest BCUT2D eigenvalue weighted by molar-refractivity contribution is 7.98. The van der Waals surface area contributed by atoms with Gasteiger partial charge in [-0.25, -0.2) is 9.79 Å². The minimum absolute atomic E-state index is 0.193. The average Bonchev–Trinajstić information content (AvgIpc) is 3.51. The van der Waals surface area contributed by atoms with Gasteiger partial charge in [-0.2, -0.15) is 0 Å². The molecule has 0 N–H and O–H groups in total. The number of hydrogen-bond acceptors (Lipinski definition) is 9. The SMILES string of the molecule is CSc1ccc([C@@H]2C(C(=O)OC(C)C)=C(C)N=c3s/c(=C\c4ccc(-c5ccc(Cl)cc5[N+](=O)[O-])o4)c(=O)n32)cc1. The number of furan rings is 1. The van der Waals surface area contributed by atoms with Gasteiger partial charge in [0, 0.05) is 22.1 Å². The third-order valence-electron chi connectivity index (χ3n) is 6.34. The maximum atomic E-state index is 13.8. The average molecular weight is 610 g/mol. The molecule has 2 aromatic carbocycles. The maximum absolute atomic E-state index is 13.8. The van der Waals surface area contributed by atoms with Gasteiger partial charge in [0.05, 0.1) is 38.4 Å². The summed E-state index contributed by atoms with van der Waals surface area (Å²) in [6.07, 6.45) is 3.18. The van der Waals surface area contributed by atoms with Crippen molar-refractivity contribution < 1.29 is 18.9 Å². The summed E-state index contributed by atoms with van der Waals surface area (Å²) >= 11 is 8.70. The molecule has 0 saturated carbocycles. The fraction of sp³-hybridized carbons (Fsp3) is 0.207. The van der Waals surface area contributed by atoms with Crippen molar-refractivity contribution in [3.63, 3.8) is 0 Å². The fourth-order valence-corrected chi connectivity index (χ4v) is 6.13. The van der Waals surface area contributed by atoms with E-state index in [0.29, 0.717) is 26.4 Å². The third-order valence-corrected chi connectivity index (χ3v) is 8.30. The molecule has 1 atom stereocenters. The lowest BCUT2D eigenvalue weighted by molar-refractivity contribution is -0.384. The Bertz CT molecular complexity index is 1890. The smallest absolute Gasteiger partial charge is 0.338 e. The van der Waals surface area contributed by atoms with Gasteiger partial charge < -0.3 is 9.15 Å². The normalized spacial score (nSPS) is 15.2. The second-order valence-electron chi connectivity index (χ2n) is 9.43. The number of carbonyl (C=O) groups excluding carboxylic acids is 1. The molecular formula is C29H24ClN3O6S2. The van der Waals surface area contributed by atoms with Crippen LogP contribution in [0, 0.1) is 10.1 Å². The second kappa shape index (κ2) is 11.5. The first-order valence-corrected chi connectivity index (χ1v) is 14.9. The van der Waals surface area contributed by atoms with E-state index in [4.69, 9.17) is 20.8 Å². The molecule has 0 spiro atoms. The molecule has 5 rings (SSSR count). The van der Waals surface area contributed by atoms with Gasteiger partial charge >= 0.3 is 5.97 Å². The molecule has 0 radical (unpaired) electrons. The second-order valence-corrected chi connectivity index (χ2v) is 11.8. The molecule has 0 amide bonds. The summed E-state index contributed by atoms with van der Waals surface area (Å²) in [5, 5.41) is 11.8. The summed E-state index contributed by atoms with van der Waals surface area (Å²) in [4.78, 5) is 44.2. The highest BCUT2D eigenvalue weighted by Gasteiger charge is 2.33. The van der Waals surface area contributed by atoms with Gasteiger partial charge in [-0.05, 0) is 69.0 Å². The van der Waals surface area contributed by atoms with Gasteiger partial charge in [-0.1, -0.05) is 35.1 Å². The lowest BCUT2D eigenvalue weighted by atomic mass is 9.96. The van der Waals surface area contributed by atoms with Gasteiger partial charge in [0.25, 0.3) is 11.2 Å². The van der Waals surface area contributed by atoms with Crippen molar-refractivity contribution in [1.29, 1.82) is 0 Å². The van der Waals surface area contributed by atoms with E-state index >= 15 is 0 Å². The number of fused-ring (bicyclic) bond motifs is 1. The first kappa shape index (κ1) is 28.6. The number of nitro groups is 1. The Kier molecular flexibility index (Phi) is 8.03. The number of thioether (sulfide) groups is 1. The highest BCUT2D eigenvalue weighted by atomic mass is 35.5. The zero-order valence-corrected chi connectivity index (χ0v) is 24.8. The first-order chi connectivity index (χ1) is 19.6. The first-order valence-electron chi connectivity index (χ1n) is 12.5. The van der Waals surface area contributed by atoms with Crippen LogP contribution in [0.3, 0.4) is 0 Å². The summed E-state index contributed by atoms with van der Waals surface area (Å²) in [6, 6.07) is 14.5. The highest BCUT2D eigenvalue weighted by Crippen LogP contribution is 2.34. The number of carbonyl (C=O) groups is 1. The number of halogens is 1. The Morgan fingerprint density at radius 1 is 1.22 bits per heavy atom. The van der Waals surface area contributed by atoms with E-state index in [1.54, 1.807) is 56.8 Å². The molecule has 210 valence electrons. The van der Waals surface area contributed by atoms with E-state index in [0.717, 1.165) is 21.8 Å².